The molecule has 3 rings (SSSR count). The van der Waals surface area contributed by atoms with Crippen molar-refractivity contribution in [1.29, 1.82) is 0 Å². The van der Waals surface area contributed by atoms with E-state index in [9.17, 15) is 9.59 Å². The molecular formula is C23H19ClO4. The molecule has 5 heteroatoms. The van der Waals surface area contributed by atoms with E-state index in [0.717, 1.165) is 12.8 Å². The monoisotopic (exact) mass is 394 g/mol. The number of esters is 2. The van der Waals surface area contributed by atoms with Crippen LogP contribution in [0.15, 0.2) is 78.9 Å². The molecule has 0 bridgehead atoms. The summed E-state index contributed by atoms with van der Waals surface area (Å²) in [6.45, 7) is 0.348. The van der Waals surface area contributed by atoms with Crippen LogP contribution >= 0.6 is 11.6 Å². The number of rotatable bonds is 7. The molecule has 0 aliphatic carbocycles. The molecule has 0 saturated heterocycles. The minimum Gasteiger partial charge on any atom is -0.462 e. The maximum atomic E-state index is 12.1. The van der Waals surface area contributed by atoms with Gasteiger partial charge >= 0.3 is 11.9 Å². The molecule has 0 radical (unpaired) electrons. The van der Waals surface area contributed by atoms with Gasteiger partial charge in [0, 0.05) is 5.02 Å². The molecule has 0 spiro atoms. The molecule has 0 aliphatic heterocycles. The molecule has 0 fully saturated rings. The molecule has 3 aromatic carbocycles. The van der Waals surface area contributed by atoms with Crippen LogP contribution in [-0.2, 0) is 11.2 Å². The average Bonchev–Trinajstić information content (AvgIpc) is 2.73. The lowest BCUT2D eigenvalue weighted by Crippen LogP contribution is -2.09. The van der Waals surface area contributed by atoms with E-state index >= 15 is 0 Å². The number of halogens is 1. The van der Waals surface area contributed by atoms with Crippen molar-refractivity contribution < 1.29 is 19.1 Å². The van der Waals surface area contributed by atoms with Crippen molar-refractivity contribution >= 4 is 23.5 Å². The lowest BCUT2D eigenvalue weighted by molar-refractivity contribution is 0.0500. The Labute approximate surface area is 168 Å². The first-order valence-corrected chi connectivity index (χ1v) is 9.28. The summed E-state index contributed by atoms with van der Waals surface area (Å²) in [4.78, 5) is 24.2. The van der Waals surface area contributed by atoms with Gasteiger partial charge in [0.2, 0.25) is 0 Å². The summed E-state index contributed by atoms with van der Waals surface area (Å²) >= 11 is 5.80. The standard InChI is InChI=1S/C23H19ClO4/c24-20-12-8-19(9-13-20)23(26)28-21-14-10-18(11-15-21)22(25)27-16-4-7-17-5-2-1-3-6-17/h1-3,5-6,8-15H,4,7,16H2. The van der Waals surface area contributed by atoms with Crippen molar-refractivity contribution in [3.05, 3.63) is 101 Å². The van der Waals surface area contributed by atoms with Gasteiger partial charge in [0.05, 0.1) is 17.7 Å². The average molecular weight is 395 g/mol. The first kappa shape index (κ1) is 19.6. The largest absolute Gasteiger partial charge is 0.462 e. The molecule has 0 saturated carbocycles. The van der Waals surface area contributed by atoms with E-state index in [2.05, 4.69) is 0 Å². The molecular weight excluding hydrogens is 376 g/mol. The second kappa shape index (κ2) is 9.72. The van der Waals surface area contributed by atoms with Crippen LogP contribution in [0, 0.1) is 0 Å². The molecule has 3 aromatic rings. The Kier molecular flexibility index (Phi) is 6.82. The molecule has 0 heterocycles. The highest BCUT2D eigenvalue weighted by Gasteiger charge is 2.11. The zero-order chi connectivity index (χ0) is 19.8. The van der Waals surface area contributed by atoms with E-state index < -0.39 is 11.9 Å². The summed E-state index contributed by atoms with van der Waals surface area (Å²) in [5.41, 5.74) is 2.02. The summed E-state index contributed by atoms with van der Waals surface area (Å²) in [5, 5.41) is 0.545. The minimum atomic E-state index is -0.493. The first-order valence-electron chi connectivity index (χ1n) is 8.91. The number of carbonyl (C=O) groups excluding carboxylic acids is 2. The molecule has 28 heavy (non-hydrogen) atoms. The van der Waals surface area contributed by atoms with E-state index in [0.29, 0.717) is 28.5 Å². The summed E-state index contributed by atoms with van der Waals surface area (Å²) in [5.74, 6) is -0.544. The number of aryl methyl sites for hydroxylation is 1. The van der Waals surface area contributed by atoms with E-state index in [-0.39, 0.29) is 0 Å². The van der Waals surface area contributed by atoms with Gasteiger partial charge in [-0.2, -0.15) is 0 Å². The van der Waals surface area contributed by atoms with Crippen molar-refractivity contribution in [2.45, 2.75) is 12.8 Å². The predicted octanol–water partition coefficient (Wildman–Crippen LogP) is 5.35. The quantitative estimate of drug-likeness (QED) is 0.308. The second-order valence-electron chi connectivity index (χ2n) is 6.15. The number of ether oxygens (including phenoxy) is 2. The molecule has 0 amide bonds. The van der Waals surface area contributed by atoms with Gasteiger partial charge in [-0.15, -0.1) is 0 Å². The van der Waals surface area contributed by atoms with Gasteiger partial charge in [-0.3, -0.25) is 0 Å². The zero-order valence-corrected chi connectivity index (χ0v) is 15.9. The molecule has 0 aromatic heterocycles. The van der Waals surface area contributed by atoms with Crippen molar-refractivity contribution in [2.75, 3.05) is 6.61 Å². The summed E-state index contributed by atoms with van der Waals surface area (Å²) in [7, 11) is 0. The number of hydrogen-bond donors (Lipinski definition) is 0. The SMILES string of the molecule is O=C(OCCCc1ccccc1)c1ccc(OC(=O)c2ccc(Cl)cc2)cc1. The smallest absolute Gasteiger partial charge is 0.343 e. The van der Waals surface area contributed by atoms with Gasteiger partial charge in [0.25, 0.3) is 0 Å². The lowest BCUT2D eigenvalue weighted by atomic mass is 10.1. The molecule has 4 nitrogen and oxygen atoms in total. The Bertz CT molecular complexity index is 919. The molecule has 142 valence electrons. The number of benzene rings is 3. The van der Waals surface area contributed by atoms with Gasteiger partial charge in [-0.25, -0.2) is 9.59 Å². The van der Waals surface area contributed by atoms with Gasteiger partial charge in [0.15, 0.2) is 0 Å². The molecule has 0 aliphatic rings. The lowest BCUT2D eigenvalue weighted by Gasteiger charge is -2.07. The predicted molar refractivity (Wildman–Crippen MR) is 108 cm³/mol. The van der Waals surface area contributed by atoms with Crippen LogP contribution in [0.1, 0.15) is 32.7 Å². The first-order chi connectivity index (χ1) is 13.6. The molecule has 0 atom stereocenters. The van der Waals surface area contributed by atoms with Gasteiger partial charge in [-0.1, -0.05) is 41.9 Å². The van der Waals surface area contributed by atoms with Gasteiger partial charge in [-0.05, 0) is 66.9 Å². The zero-order valence-electron chi connectivity index (χ0n) is 15.1. The fourth-order valence-electron chi connectivity index (χ4n) is 2.58. The highest BCUT2D eigenvalue weighted by molar-refractivity contribution is 6.30. The highest BCUT2D eigenvalue weighted by Crippen LogP contribution is 2.16. The highest BCUT2D eigenvalue weighted by atomic mass is 35.5. The Morgan fingerprint density at radius 1 is 0.750 bits per heavy atom. The van der Waals surface area contributed by atoms with Gasteiger partial charge in [0.1, 0.15) is 5.75 Å². The maximum absolute atomic E-state index is 12.1. The minimum absolute atomic E-state index is 0.348. The topological polar surface area (TPSA) is 52.6 Å². The van der Waals surface area contributed by atoms with Crippen molar-refractivity contribution in [3.63, 3.8) is 0 Å². The van der Waals surface area contributed by atoms with E-state index in [1.165, 1.54) is 5.56 Å². The van der Waals surface area contributed by atoms with Crippen LogP contribution in [0.3, 0.4) is 0 Å². The van der Waals surface area contributed by atoms with Crippen molar-refractivity contribution in [2.24, 2.45) is 0 Å². The third-order valence-electron chi connectivity index (χ3n) is 4.07. The van der Waals surface area contributed by atoms with E-state index in [1.807, 2.05) is 30.3 Å². The van der Waals surface area contributed by atoms with Crippen LogP contribution in [0.4, 0.5) is 0 Å². The van der Waals surface area contributed by atoms with Gasteiger partial charge < -0.3 is 9.47 Å². The third kappa shape index (κ3) is 5.69. The fourth-order valence-corrected chi connectivity index (χ4v) is 2.71. The summed E-state index contributed by atoms with van der Waals surface area (Å²) in [6.07, 6.45) is 1.61. The summed E-state index contributed by atoms with van der Waals surface area (Å²) in [6, 6.07) is 22.7. The van der Waals surface area contributed by atoms with Crippen LogP contribution in [0.25, 0.3) is 0 Å². The fraction of sp³-hybridized carbons (Fsp3) is 0.130. The Morgan fingerprint density at radius 3 is 2.04 bits per heavy atom. The van der Waals surface area contributed by atoms with Crippen LogP contribution in [0.5, 0.6) is 5.75 Å². The van der Waals surface area contributed by atoms with Crippen molar-refractivity contribution in [3.8, 4) is 5.75 Å². The number of hydrogen-bond acceptors (Lipinski definition) is 4. The summed E-state index contributed by atoms with van der Waals surface area (Å²) < 4.78 is 10.6. The Balaban J connectivity index is 1.47. The van der Waals surface area contributed by atoms with Crippen molar-refractivity contribution in [1.82, 2.24) is 0 Å². The second-order valence-corrected chi connectivity index (χ2v) is 6.58. The van der Waals surface area contributed by atoms with Crippen LogP contribution in [0.2, 0.25) is 5.02 Å². The van der Waals surface area contributed by atoms with Crippen LogP contribution in [-0.4, -0.2) is 18.5 Å². The third-order valence-corrected chi connectivity index (χ3v) is 4.32. The van der Waals surface area contributed by atoms with E-state index in [4.69, 9.17) is 21.1 Å². The molecule has 0 unspecified atom stereocenters. The Morgan fingerprint density at radius 2 is 1.36 bits per heavy atom. The normalized spacial score (nSPS) is 10.3. The van der Waals surface area contributed by atoms with E-state index in [1.54, 1.807) is 48.5 Å². The number of carbonyl (C=O) groups is 2. The van der Waals surface area contributed by atoms with Crippen LogP contribution < -0.4 is 4.74 Å². The molecule has 0 N–H and O–H groups in total. The maximum Gasteiger partial charge on any atom is 0.343 e. The Hall–Kier alpha value is -3.11.